The summed E-state index contributed by atoms with van der Waals surface area (Å²) >= 11 is 0. The number of imide groups is 2. The Balaban J connectivity index is 1.52. The minimum atomic E-state index is -1.24. The standard InChI is InChI=1S/C20H27N3O6/c1-11(23-17(25)14-9-5-6-10-15(14)18(23)26)19(27)29-12(2)16(24)22-20(28)21-13-7-3-4-8-13/h5-6,11-15H,3-4,7-10H2,1-2H3,(H2,21,22,24,28)/t11-,12-,14-,15-/m0/s1. The van der Waals surface area contributed by atoms with Crippen LogP contribution in [0.3, 0.4) is 0 Å². The fraction of sp³-hybridized carbons (Fsp3) is 0.650. The molecule has 9 nitrogen and oxygen atoms in total. The molecule has 0 radical (unpaired) electrons. The molecule has 3 rings (SSSR count). The van der Waals surface area contributed by atoms with Gasteiger partial charge in [-0.05, 0) is 39.5 Å². The van der Waals surface area contributed by atoms with Crippen LogP contribution in [0.5, 0.6) is 0 Å². The average molecular weight is 405 g/mol. The fourth-order valence-electron chi connectivity index (χ4n) is 4.14. The van der Waals surface area contributed by atoms with Gasteiger partial charge in [0, 0.05) is 6.04 Å². The van der Waals surface area contributed by atoms with E-state index in [1.165, 1.54) is 13.8 Å². The molecule has 29 heavy (non-hydrogen) atoms. The van der Waals surface area contributed by atoms with Crippen molar-refractivity contribution in [2.45, 2.75) is 70.6 Å². The van der Waals surface area contributed by atoms with Crippen molar-refractivity contribution in [2.24, 2.45) is 11.8 Å². The molecule has 1 aliphatic heterocycles. The molecular weight excluding hydrogens is 378 g/mol. The number of fused-ring (bicyclic) bond motifs is 1. The second-order valence-electron chi connectivity index (χ2n) is 7.90. The molecule has 0 aromatic carbocycles. The topological polar surface area (TPSA) is 122 Å². The summed E-state index contributed by atoms with van der Waals surface area (Å²) in [6.45, 7) is 2.74. The molecule has 0 unspecified atom stereocenters. The number of hydrogen-bond acceptors (Lipinski definition) is 6. The Bertz CT molecular complexity index is 716. The summed E-state index contributed by atoms with van der Waals surface area (Å²) in [4.78, 5) is 62.5. The normalized spacial score (nSPS) is 26.1. The Morgan fingerprint density at radius 3 is 2.14 bits per heavy atom. The van der Waals surface area contributed by atoms with Crippen LogP contribution in [0.25, 0.3) is 0 Å². The molecule has 0 spiro atoms. The van der Waals surface area contributed by atoms with Crippen LogP contribution in [0, 0.1) is 11.8 Å². The number of rotatable bonds is 5. The highest BCUT2D eigenvalue weighted by Gasteiger charge is 2.50. The van der Waals surface area contributed by atoms with Crippen LogP contribution < -0.4 is 10.6 Å². The summed E-state index contributed by atoms with van der Waals surface area (Å²) < 4.78 is 5.11. The first kappa shape index (κ1) is 21.0. The van der Waals surface area contributed by atoms with E-state index >= 15 is 0 Å². The van der Waals surface area contributed by atoms with Crippen molar-refractivity contribution >= 4 is 29.7 Å². The van der Waals surface area contributed by atoms with Crippen LogP contribution in [-0.4, -0.2) is 52.8 Å². The van der Waals surface area contributed by atoms with Crippen molar-refractivity contribution < 1.29 is 28.7 Å². The number of hydrogen-bond donors (Lipinski definition) is 2. The molecule has 1 saturated heterocycles. The number of nitrogens with one attached hydrogen (secondary N) is 2. The maximum atomic E-state index is 12.6. The predicted octanol–water partition coefficient (Wildman–Crippen LogP) is 1.03. The third kappa shape index (κ3) is 4.49. The zero-order valence-electron chi connectivity index (χ0n) is 16.7. The number of nitrogens with zero attached hydrogens (tertiary/aromatic N) is 1. The summed E-state index contributed by atoms with van der Waals surface area (Å²) in [5, 5.41) is 4.87. The van der Waals surface area contributed by atoms with E-state index in [9.17, 15) is 24.0 Å². The van der Waals surface area contributed by atoms with E-state index < -0.39 is 41.9 Å². The first-order chi connectivity index (χ1) is 13.8. The second-order valence-corrected chi connectivity index (χ2v) is 7.90. The van der Waals surface area contributed by atoms with Crippen molar-refractivity contribution in [1.29, 1.82) is 0 Å². The van der Waals surface area contributed by atoms with Gasteiger partial charge in [0.2, 0.25) is 11.8 Å². The lowest BCUT2D eigenvalue weighted by Gasteiger charge is -2.23. The van der Waals surface area contributed by atoms with Gasteiger partial charge in [-0.3, -0.25) is 24.6 Å². The molecule has 1 heterocycles. The average Bonchev–Trinajstić information content (AvgIpc) is 3.28. The van der Waals surface area contributed by atoms with Gasteiger partial charge >= 0.3 is 12.0 Å². The number of allylic oxidation sites excluding steroid dienone is 2. The summed E-state index contributed by atoms with van der Waals surface area (Å²) in [6.07, 6.45) is 7.26. The minimum Gasteiger partial charge on any atom is -0.451 e. The molecule has 1 saturated carbocycles. The number of carbonyl (C=O) groups excluding carboxylic acids is 5. The lowest BCUT2D eigenvalue weighted by Crippen LogP contribution is -2.49. The van der Waals surface area contributed by atoms with Gasteiger partial charge in [0.25, 0.3) is 5.91 Å². The van der Waals surface area contributed by atoms with Crippen LogP contribution in [-0.2, 0) is 23.9 Å². The van der Waals surface area contributed by atoms with Crippen LogP contribution in [0.1, 0.15) is 52.4 Å². The third-order valence-corrected chi connectivity index (χ3v) is 5.86. The molecule has 0 aromatic heterocycles. The van der Waals surface area contributed by atoms with E-state index in [1.807, 2.05) is 12.2 Å². The van der Waals surface area contributed by atoms with Crippen LogP contribution in [0.4, 0.5) is 4.79 Å². The number of carbonyl (C=O) groups is 5. The Hall–Kier alpha value is -2.71. The smallest absolute Gasteiger partial charge is 0.329 e. The highest BCUT2D eigenvalue weighted by atomic mass is 16.5. The van der Waals surface area contributed by atoms with Crippen molar-refractivity contribution in [3.05, 3.63) is 12.2 Å². The Morgan fingerprint density at radius 1 is 1.03 bits per heavy atom. The second kappa shape index (κ2) is 8.75. The molecule has 0 bridgehead atoms. The molecular formula is C20H27N3O6. The number of esters is 1. The van der Waals surface area contributed by atoms with E-state index in [4.69, 9.17) is 4.74 Å². The maximum absolute atomic E-state index is 12.6. The molecule has 3 aliphatic rings. The monoisotopic (exact) mass is 405 g/mol. The molecule has 5 amide bonds. The third-order valence-electron chi connectivity index (χ3n) is 5.86. The number of ether oxygens (including phenoxy) is 1. The first-order valence-corrected chi connectivity index (χ1v) is 10.1. The Morgan fingerprint density at radius 2 is 1.59 bits per heavy atom. The number of likely N-dealkylation sites (tertiary alicyclic amines) is 1. The maximum Gasteiger partial charge on any atom is 0.329 e. The highest BCUT2D eigenvalue weighted by molar-refractivity contribution is 6.08. The molecule has 0 aromatic rings. The number of amides is 5. The van der Waals surface area contributed by atoms with Gasteiger partial charge in [0.15, 0.2) is 6.10 Å². The summed E-state index contributed by atoms with van der Waals surface area (Å²) in [5.74, 6) is -3.29. The van der Waals surface area contributed by atoms with E-state index in [0.29, 0.717) is 12.8 Å². The van der Waals surface area contributed by atoms with Crippen molar-refractivity contribution in [3.8, 4) is 0 Å². The fourth-order valence-corrected chi connectivity index (χ4v) is 4.14. The summed E-state index contributed by atoms with van der Waals surface area (Å²) in [6, 6.07) is -1.71. The molecule has 2 N–H and O–H groups in total. The van der Waals surface area contributed by atoms with E-state index in [1.54, 1.807) is 0 Å². The zero-order chi connectivity index (χ0) is 21.1. The van der Waals surface area contributed by atoms with Gasteiger partial charge in [-0.1, -0.05) is 25.0 Å². The van der Waals surface area contributed by atoms with Crippen LogP contribution in [0.2, 0.25) is 0 Å². The molecule has 2 fully saturated rings. The molecule has 4 atom stereocenters. The van der Waals surface area contributed by atoms with Crippen LogP contribution >= 0.6 is 0 Å². The Kier molecular flexibility index (Phi) is 6.34. The lowest BCUT2D eigenvalue weighted by molar-refractivity contribution is -0.163. The molecule has 2 aliphatic carbocycles. The van der Waals surface area contributed by atoms with E-state index in [0.717, 1.165) is 30.6 Å². The van der Waals surface area contributed by atoms with Gasteiger partial charge in [-0.15, -0.1) is 0 Å². The van der Waals surface area contributed by atoms with Crippen LogP contribution in [0.15, 0.2) is 12.2 Å². The first-order valence-electron chi connectivity index (χ1n) is 10.1. The zero-order valence-corrected chi connectivity index (χ0v) is 16.7. The van der Waals surface area contributed by atoms with Gasteiger partial charge < -0.3 is 10.1 Å². The molecule has 9 heteroatoms. The summed E-state index contributed by atoms with van der Waals surface area (Å²) in [5.41, 5.74) is 0. The summed E-state index contributed by atoms with van der Waals surface area (Å²) in [7, 11) is 0. The van der Waals surface area contributed by atoms with Gasteiger partial charge in [0.05, 0.1) is 11.8 Å². The predicted molar refractivity (Wildman–Crippen MR) is 101 cm³/mol. The quantitative estimate of drug-likeness (QED) is 0.400. The number of urea groups is 1. The van der Waals surface area contributed by atoms with E-state index in [-0.39, 0.29) is 17.9 Å². The largest absolute Gasteiger partial charge is 0.451 e. The van der Waals surface area contributed by atoms with Crippen molar-refractivity contribution in [3.63, 3.8) is 0 Å². The minimum absolute atomic E-state index is 0.0471. The lowest BCUT2D eigenvalue weighted by atomic mass is 9.85. The van der Waals surface area contributed by atoms with E-state index in [2.05, 4.69) is 10.6 Å². The Labute approximate surface area is 169 Å². The van der Waals surface area contributed by atoms with Gasteiger partial charge in [-0.25, -0.2) is 9.59 Å². The van der Waals surface area contributed by atoms with Crippen molar-refractivity contribution in [1.82, 2.24) is 15.5 Å². The highest BCUT2D eigenvalue weighted by Crippen LogP contribution is 2.36. The van der Waals surface area contributed by atoms with Gasteiger partial charge in [0.1, 0.15) is 6.04 Å². The van der Waals surface area contributed by atoms with Crippen molar-refractivity contribution in [2.75, 3.05) is 0 Å². The molecule has 158 valence electrons. The SMILES string of the molecule is C[C@H](OC(=O)[C@H](C)N1C(=O)[C@H]2CC=CC[C@@H]2C1=O)C(=O)NC(=O)NC1CCCC1. The van der Waals surface area contributed by atoms with Gasteiger partial charge in [-0.2, -0.15) is 0 Å².